The standard InChI is InChI=1S/C12H17N3O2/c1-4-6-13-10-8-12(17-7-5-2)15-11(14-10)9-16-3/h2,8H,4,6-7,9H2,1,3H3,(H,13,14,15). The molecule has 0 bridgehead atoms. The van der Waals surface area contributed by atoms with Gasteiger partial charge in [-0.15, -0.1) is 6.42 Å². The summed E-state index contributed by atoms with van der Waals surface area (Å²) in [5.41, 5.74) is 0. The zero-order chi connectivity index (χ0) is 12.5. The normalized spacial score (nSPS) is 9.71. The van der Waals surface area contributed by atoms with E-state index < -0.39 is 0 Å². The van der Waals surface area contributed by atoms with E-state index in [-0.39, 0.29) is 6.61 Å². The number of methoxy groups -OCH3 is 1. The van der Waals surface area contributed by atoms with E-state index >= 15 is 0 Å². The van der Waals surface area contributed by atoms with E-state index in [0.29, 0.717) is 18.3 Å². The largest absolute Gasteiger partial charge is 0.464 e. The van der Waals surface area contributed by atoms with Gasteiger partial charge < -0.3 is 14.8 Å². The van der Waals surface area contributed by atoms with Gasteiger partial charge in [-0.3, -0.25) is 0 Å². The van der Waals surface area contributed by atoms with Crippen molar-refractivity contribution in [3.05, 3.63) is 11.9 Å². The Bertz CT molecular complexity index is 388. The summed E-state index contributed by atoms with van der Waals surface area (Å²) < 4.78 is 10.3. The van der Waals surface area contributed by atoms with Crippen LogP contribution in [0.15, 0.2) is 6.07 Å². The van der Waals surface area contributed by atoms with Gasteiger partial charge in [-0.1, -0.05) is 12.8 Å². The van der Waals surface area contributed by atoms with Crippen molar-refractivity contribution in [2.24, 2.45) is 0 Å². The maximum Gasteiger partial charge on any atom is 0.219 e. The van der Waals surface area contributed by atoms with Gasteiger partial charge in [0, 0.05) is 19.7 Å². The molecule has 1 heterocycles. The third-order valence-corrected chi connectivity index (χ3v) is 1.88. The minimum Gasteiger partial charge on any atom is -0.464 e. The van der Waals surface area contributed by atoms with Crippen molar-refractivity contribution in [1.29, 1.82) is 0 Å². The quantitative estimate of drug-likeness (QED) is 0.725. The molecular weight excluding hydrogens is 218 g/mol. The fraction of sp³-hybridized carbons (Fsp3) is 0.500. The zero-order valence-corrected chi connectivity index (χ0v) is 10.2. The number of nitrogens with zero attached hydrogens (tertiary/aromatic N) is 2. The molecule has 0 atom stereocenters. The number of terminal acetylenes is 1. The van der Waals surface area contributed by atoms with Crippen LogP contribution in [-0.4, -0.2) is 30.2 Å². The molecular formula is C12H17N3O2. The molecule has 5 nitrogen and oxygen atoms in total. The lowest BCUT2D eigenvalue weighted by atomic mass is 10.4. The summed E-state index contributed by atoms with van der Waals surface area (Å²) in [5.74, 6) is 4.15. The topological polar surface area (TPSA) is 56.3 Å². The van der Waals surface area contributed by atoms with Crippen LogP contribution in [0.2, 0.25) is 0 Å². The third-order valence-electron chi connectivity index (χ3n) is 1.88. The van der Waals surface area contributed by atoms with Gasteiger partial charge in [-0.05, 0) is 6.42 Å². The molecule has 1 aromatic heterocycles. The first-order valence-electron chi connectivity index (χ1n) is 5.47. The molecule has 0 saturated carbocycles. The van der Waals surface area contributed by atoms with Crippen molar-refractivity contribution in [3.8, 4) is 18.2 Å². The van der Waals surface area contributed by atoms with E-state index in [4.69, 9.17) is 15.9 Å². The van der Waals surface area contributed by atoms with Crippen molar-refractivity contribution in [2.45, 2.75) is 20.0 Å². The highest BCUT2D eigenvalue weighted by atomic mass is 16.5. The van der Waals surface area contributed by atoms with E-state index in [2.05, 4.69) is 28.1 Å². The lowest BCUT2D eigenvalue weighted by molar-refractivity contribution is 0.176. The summed E-state index contributed by atoms with van der Waals surface area (Å²) in [7, 11) is 1.59. The van der Waals surface area contributed by atoms with Crippen molar-refractivity contribution in [3.63, 3.8) is 0 Å². The Morgan fingerprint density at radius 2 is 2.29 bits per heavy atom. The van der Waals surface area contributed by atoms with E-state index in [1.807, 2.05) is 0 Å². The van der Waals surface area contributed by atoms with Crippen LogP contribution in [0, 0.1) is 12.3 Å². The predicted octanol–water partition coefficient (Wildman–Crippen LogP) is 1.46. The SMILES string of the molecule is C#CCOc1cc(NCCC)nc(COC)n1. The number of anilines is 1. The average Bonchev–Trinajstić information content (AvgIpc) is 2.34. The molecule has 1 N–H and O–H groups in total. The summed E-state index contributed by atoms with van der Waals surface area (Å²) in [6.07, 6.45) is 6.15. The molecule has 1 rings (SSSR count). The first-order chi connectivity index (χ1) is 8.30. The Morgan fingerprint density at radius 1 is 1.47 bits per heavy atom. The van der Waals surface area contributed by atoms with Gasteiger partial charge >= 0.3 is 0 Å². The van der Waals surface area contributed by atoms with Gasteiger partial charge in [-0.25, -0.2) is 4.98 Å². The summed E-state index contributed by atoms with van der Waals surface area (Å²) >= 11 is 0. The molecule has 1 aromatic rings. The highest BCUT2D eigenvalue weighted by Crippen LogP contribution is 2.14. The van der Waals surface area contributed by atoms with Crippen molar-refractivity contribution in [1.82, 2.24) is 9.97 Å². The van der Waals surface area contributed by atoms with Crippen LogP contribution in [-0.2, 0) is 11.3 Å². The third kappa shape index (κ3) is 4.70. The Morgan fingerprint density at radius 3 is 2.94 bits per heavy atom. The Hall–Kier alpha value is -1.80. The van der Waals surface area contributed by atoms with Crippen LogP contribution in [0.5, 0.6) is 5.88 Å². The molecule has 0 aliphatic rings. The minimum atomic E-state index is 0.191. The highest BCUT2D eigenvalue weighted by Gasteiger charge is 2.04. The number of ether oxygens (including phenoxy) is 2. The lowest BCUT2D eigenvalue weighted by Gasteiger charge is -2.08. The van der Waals surface area contributed by atoms with Crippen LogP contribution in [0.1, 0.15) is 19.2 Å². The number of aromatic nitrogens is 2. The Balaban J connectivity index is 2.80. The Kier molecular flexibility index (Phi) is 5.83. The summed E-state index contributed by atoms with van der Waals surface area (Å²) in [6, 6.07) is 1.73. The molecule has 0 spiro atoms. The molecule has 0 fully saturated rings. The first-order valence-corrected chi connectivity index (χ1v) is 5.47. The van der Waals surface area contributed by atoms with E-state index in [9.17, 15) is 0 Å². The monoisotopic (exact) mass is 235 g/mol. The van der Waals surface area contributed by atoms with Crippen LogP contribution in [0.4, 0.5) is 5.82 Å². The second-order valence-corrected chi connectivity index (χ2v) is 3.36. The van der Waals surface area contributed by atoms with E-state index in [0.717, 1.165) is 18.8 Å². The van der Waals surface area contributed by atoms with Gasteiger partial charge in [0.15, 0.2) is 12.4 Å². The predicted molar refractivity (Wildman–Crippen MR) is 65.9 cm³/mol. The Labute approximate surface area is 102 Å². The minimum absolute atomic E-state index is 0.191. The molecule has 0 radical (unpaired) electrons. The molecule has 0 aromatic carbocycles. The van der Waals surface area contributed by atoms with Gasteiger partial charge in [0.25, 0.3) is 0 Å². The summed E-state index contributed by atoms with van der Waals surface area (Å²) in [6.45, 7) is 3.46. The van der Waals surface area contributed by atoms with Crippen LogP contribution in [0.25, 0.3) is 0 Å². The molecule has 92 valence electrons. The molecule has 0 unspecified atom stereocenters. The molecule has 0 amide bonds. The van der Waals surface area contributed by atoms with Crippen LogP contribution >= 0.6 is 0 Å². The molecule has 5 heteroatoms. The molecule has 0 aliphatic carbocycles. The second-order valence-electron chi connectivity index (χ2n) is 3.36. The van der Waals surface area contributed by atoms with E-state index in [1.165, 1.54) is 0 Å². The van der Waals surface area contributed by atoms with Gasteiger partial charge in [0.2, 0.25) is 5.88 Å². The van der Waals surface area contributed by atoms with Gasteiger partial charge in [-0.2, -0.15) is 4.98 Å². The van der Waals surface area contributed by atoms with Crippen molar-refractivity contribution in [2.75, 3.05) is 25.6 Å². The number of rotatable bonds is 7. The van der Waals surface area contributed by atoms with Crippen LogP contribution in [0.3, 0.4) is 0 Å². The summed E-state index contributed by atoms with van der Waals surface area (Å²) in [4.78, 5) is 8.46. The highest BCUT2D eigenvalue weighted by molar-refractivity contribution is 5.38. The fourth-order valence-corrected chi connectivity index (χ4v) is 1.20. The maximum absolute atomic E-state index is 5.28. The number of hydrogen-bond acceptors (Lipinski definition) is 5. The zero-order valence-electron chi connectivity index (χ0n) is 10.2. The molecule has 17 heavy (non-hydrogen) atoms. The second kappa shape index (κ2) is 7.47. The average molecular weight is 235 g/mol. The first kappa shape index (κ1) is 13.3. The van der Waals surface area contributed by atoms with Crippen LogP contribution < -0.4 is 10.1 Å². The summed E-state index contributed by atoms with van der Waals surface area (Å²) in [5, 5.41) is 3.17. The lowest BCUT2D eigenvalue weighted by Crippen LogP contribution is -2.07. The smallest absolute Gasteiger partial charge is 0.219 e. The number of hydrogen-bond donors (Lipinski definition) is 1. The van der Waals surface area contributed by atoms with Gasteiger partial charge in [0.1, 0.15) is 12.4 Å². The molecule has 0 aliphatic heterocycles. The van der Waals surface area contributed by atoms with Crippen molar-refractivity contribution < 1.29 is 9.47 Å². The number of nitrogens with one attached hydrogen (secondary N) is 1. The molecule has 0 saturated heterocycles. The fourth-order valence-electron chi connectivity index (χ4n) is 1.20. The maximum atomic E-state index is 5.28. The van der Waals surface area contributed by atoms with E-state index in [1.54, 1.807) is 13.2 Å². The van der Waals surface area contributed by atoms with Crippen molar-refractivity contribution >= 4 is 5.82 Å². The van der Waals surface area contributed by atoms with Gasteiger partial charge in [0.05, 0.1) is 0 Å².